The Kier molecular flexibility index (Phi) is 4.30. The van der Waals surface area contributed by atoms with Crippen LogP contribution < -0.4 is 5.43 Å². The van der Waals surface area contributed by atoms with Gasteiger partial charge < -0.3 is 4.74 Å². The van der Waals surface area contributed by atoms with Crippen LogP contribution in [0.3, 0.4) is 0 Å². The van der Waals surface area contributed by atoms with Gasteiger partial charge in [0.2, 0.25) is 5.71 Å². The van der Waals surface area contributed by atoms with E-state index in [1.165, 1.54) is 7.11 Å². The number of benzene rings is 1. The molecular weight excluding hydrogens is 230 g/mol. The second-order valence-electron chi connectivity index (χ2n) is 2.66. The summed E-state index contributed by atoms with van der Waals surface area (Å²) in [5, 5.41) is 12.6. The molecule has 1 aromatic carbocycles. The molecule has 16 heavy (non-hydrogen) atoms. The van der Waals surface area contributed by atoms with Crippen LogP contribution in [0.15, 0.2) is 29.4 Å². The van der Waals surface area contributed by atoms with Crippen molar-refractivity contribution in [3.05, 3.63) is 29.3 Å². The van der Waals surface area contributed by atoms with Crippen LogP contribution in [0.1, 0.15) is 0 Å². The van der Waals surface area contributed by atoms with Crippen molar-refractivity contribution in [1.29, 1.82) is 5.26 Å². The topological polar surface area (TPSA) is 74.5 Å². The predicted octanol–water partition coefficient (Wildman–Crippen LogP) is 1.80. The summed E-state index contributed by atoms with van der Waals surface area (Å²) in [6.07, 6.45) is 0. The number of methoxy groups -OCH3 is 1. The van der Waals surface area contributed by atoms with Crippen LogP contribution in [0.25, 0.3) is 0 Å². The molecule has 0 radical (unpaired) electrons. The molecule has 1 aromatic rings. The first-order valence-electron chi connectivity index (χ1n) is 4.25. The number of para-hydroxylation sites is 1. The Morgan fingerprint density at radius 1 is 1.56 bits per heavy atom. The second kappa shape index (κ2) is 5.73. The Hall–Kier alpha value is -2.06. The molecule has 82 valence electrons. The lowest BCUT2D eigenvalue weighted by molar-refractivity contribution is -0.132. The molecule has 0 saturated heterocycles. The minimum atomic E-state index is -0.804. The van der Waals surface area contributed by atoms with Gasteiger partial charge in [0.1, 0.15) is 6.07 Å². The lowest BCUT2D eigenvalue weighted by Crippen LogP contribution is -2.15. The summed E-state index contributed by atoms with van der Waals surface area (Å²) < 4.78 is 4.36. The van der Waals surface area contributed by atoms with E-state index in [-0.39, 0.29) is 5.71 Å². The zero-order valence-corrected chi connectivity index (χ0v) is 9.15. The third-order valence-electron chi connectivity index (χ3n) is 1.65. The SMILES string of the molecule is COC(=O)/C(C#N)=N/Nc1ccccc1Cl. The number of ether oxygens (including phenoxy) is 1. The lowest BCUT2D eigenvalue weighted by Gasteiger charge is -2.02. The number of rotatable bonds is 3. The van der Waals surface area contributed by atoms with Gasteiger partial charge in [0, 0.05) is 0 Å². The van der Waals surface area contributed by atoms with Gasteiger partial charge in [-0.1, -0.05) is 23.7 Å². The highest BCUT2D eigenvalue weighted by molar-refractivity contribution is 6.43. The number of hydrogen-bond acceptors (Lipinski definition) is 5. The molecule has 0 aliphatic heterocycles. The van der Waals surface area contributed by atoms with E-state index in [1.54, 1.807) is 30.3 Å². The van der Waals surface area contributed by atoms with Crippen LogP contribution >= 0.6 is 11.6 Å². The summed E-state index contributed by atoms with van der Waals surface area (Å²) in [6, 6.07) is 8.43. The first kappa shape index (κ1) is 12.0. The second-order valence-corrected chi connectivity index (χ2v) is 3.06. The van der Waals surface area contributed by atoms with Crippen molar-refractivity contribution < 1.29 is 9.53 Å². The first-order valence-corrected chi connectivity index (χ1v) is 4.63. The maximum atomic E-state index is 11.0. The van der Waals surface area contributed by atoms with Gasteiger partial charge in [0.15, 0.2) is 0 Å². The van der Waals surface area contributed by atoms with E-state index in [0.717, 1.165) is 0 Å². The highest BCUT2D eigenvalue weighted by Crippen LogP contribution is 2.20. The van der Waals surface area contributed by atoms with E-state index >= 15 is 0 Å². The molecule has 6 heteroatoms. The van der Waals surface area contributed by atoms with E-state index < -0.39 is 5.97 Å². The molecule has 0 amide bonds. The molecule has 0 spiro atoms. The summed E-state index contributed by atoms with van der Waals surface area (Å²) in [5.74, 6) is -0.804. The smallest absolute Gasteiger partial charge is 0.369 e. The van der Waals surface area contributed by atoms with Crippen molar-refractivity contribution in [2.24, 2.45) is 5.10 Å². The average Bonchev–Trinajstić information content (AvgIpc) is 2.31. The molecule has 0 unspecified atom stereocenters. The number of esters is 1. The van der Waals surface area contributed by atoms with Gasteiger partial charge in [0.05, 0.1) is 17.8 Å². The van der Waals surface area contributed by atoms with Crippen LogP contribution in [0, 0.1) is 11.3 Å². The largest absolute Gasteiger partial charge is 0.464 e. The van der Waals surface area contributed by atoms with Crippen molar-refractivity contribution in [2.75, 3.05) is 12.5 Å². The molecule has 0 aromatic heterocycles. The molecule has 0 bridgehead atoms. The molecule has 0 fully saturated rings. The lowest BCUT2D eigenvalue weighted by atomic mass is 10.3. The van der Waals surface area contributed by atoms with Gasteiger partial charge in [-0.25, -0.2) is 4.79 Å². The number of nitrogens with one attached hydrogen (secondary N) is 1. The highest BCUT2D eigenvalue weighted by Gasteiger charge is 2.10. The molecule has 0 saturated carbocycles. The molecule has 0 aliphatic rings. The first-order chi connectivity index (χ1) is 7.69. The van der Waals surface area contributed by atoms with Gasteiger partial charge in [-0.05, 0) is 12.1 Å². The fourth-order valence-electron chi connectivity index (χ4n) is 0.881. The number of carbonyl (C=O) groups excluding carboxylic acids is 1. The molecule has 1 N–H and O–H groups in total. The van der Waals surface area contributed by atoms with Gasteiger partial charge in [0.25, 0.3) is 0 Å². The fraction of sp³-hybridized carbons (Fsp3) is 0.100. The summed E-state index contributed by atoms with van der Waals surface area (Å²) in [7, 11) is 1.17. The van der Waals surface area contributed by atoms with Gasteiger partial charge in [-0.3, -0.25) is 5.43 Å². The normalized spacial score (nSPS) is 10.4. The highest BCUT2D eigenvalue weighted by atomic mass is 35.5. The standard InChI is InChI=1S/C10H8ClN3O2/c1-16-10(15)9(6-12)14-13-8-5-3-2-4-7(8)11/h2-5,13H,1H3/b14-9+. The van der Waals surface area contributed by atoms with Crippen molar-refractivity contribution in [1.82, 2.24) is 0 Å². The van der Waals surface area contributed by atoms with Crippen molar-refractivity contribution >= 4 is 29.0 Å². The van der Waals surface area contributed by atoms with E-state index in [0.29, 0.717) is 10.7 Å². The minimum absolute atomic E-state index is 0.373. The maximum absolute atomic E-state index is 11.0. The van der Waals surface area contributed by atoms with Crippen LogP contribution in [-0.2, 0) is 9.53 Å². The Bertz CT molecular complexity index is 465. The van der Waals surface area contributed by atoms with E-state index in [1.807, 2.05) is 0 Å². The summed E-state index contributed by atoms with van der Waals surface area (Å²) in [5.41, 5.74) is 2.64. The van der Waals surface area contributed by atoms with Gasteiger partial charge in [-0.15, -0.1) is 0 Å². The number of halogens is 1. The van der Waals surface area contributed by atoms with E-state index in [4.69, 9.17) is 16.9 Å². The zero-order valence-electron chi connectivity index (χ0n) is 8.40. The third kappa shape index (κ3) is 2.97. The maximum Gasteiger partial charge on any atom is 0.369 e. The molecule has 0 atom stereocenters. The van der Waals surface area contributed by atoms with Crippen LogP contribution in [0.2, 0.25) is 5.02 Å². The van der Waals surface area contributed by atoms with E-state index in [2.05, 4.69) is 15.3 Å². The summed E-state index contributed by atoms with van der Waals surface area (Å²) in [4.78, 5) is 11.0. The Morgan fingerprint density at radius 2 is 2.25 bits per heavy atom. The van der Waals surface area contributed by atoms with Crippen LogP contribution in [0.4, 0.5) is 5.69 Å². The van der Waals surface area contributed by atoms with Crippen molar-refractivity contribution in [3.8, 4) is 6.07 Å². The Morgan fingerprint density at radius 3 is 2.81 bits per heavy atom. The molecular formula is C10H8ClN3O2. The van der Waals surface area contributed by atoms with Crippen molar-refractivity contribution in [3.63, 3.8) is 0 Å². The molecule has 0 aliphatic carbocycles. The zero-order chi connectivity index (χ0) is 12.0. The van der Waals surface area contributed by atoms with Crippen LogP contribution in [-0.4, -0.2) is 18.8 Å². The summed E-state index contributed by atoms with van der Waals surface area (Å²) >= 11 is 5.83. The molecule has 1 rings (SSSR count). The number of hydrogen-bond donors (Lipinski definition) is 1. The number of nitrogens with zero attached hydrogens (tertiary/aromatic N) is 2. The minimum Gasteiger partial charge on any atom is -0.464 e. The number of hydrazone groups is 1. The quantitative estimate of drug-likeness (QED) is 0.494. The Labute approximate surface area is 97.3 Å². The summed E-state index contributed by atoms with van der Waals surface area (Å²) in [6.45, 7) is 0. The van der Waals surface area contributed by atoms with Crippen LogP contribution in [0.5, 0.6) is 0 Å². The molecule has 0 heterocycles. The van der Waals surface area contributed by atoms with Gasteiger partial charge >= 0.3 is 5.97 Å². The fourth-order valence-corrected chi connectivity index (χ4v) is 1.06. The number of anilines is 1. The predicted molar refractivity (Wildman–Crippen MR) is 60.1 cm³/mol. The average molecular weight is 238 g/mol. The Balaban J connectivity index is 2.84. The van der Waals surface area contributed by atoms with Gasteiger partial charge in [-0.2, -0.15) is 10.4 Å². The number of nitriles is 1. The molecule has 5 nitrogen and oxygen atoms in total. The van der Waals surface area contributed by atoms with E-state index in [9.17, 15) is 4.79 Å². The monoisotopic (exact) mass is 237 g/mol. The number of carbonyl (C=O) groups is 1. The van der Waals surface area contributed by atoms with Crippen molar-refractivity contribution in [2.45, 2.75) is 0 Å². The third-order valence-corrected chi connectivity index (χ3v) is 1.98.